The number of benzene rings is 1. The molecule has 0 amide bonds. The molecule has 1 aromatic carbocycles. The maximum atomic E-state index is 12.0. The average Bonchev–Trinajstić information content (AvgIpc) is 2.63. The third kappa shape index (κ3) is 4.67. The SMILES string of the molecule is COC(=O)c1ccccc1N(C1CCCC=C1CCOC=O)S(=O)[O-]. The minimum absolute atomic E-state index is 0.184. The van der Waals surface area contributed by atoms with Crippen LogP contribution < -0.4 is 4.31 Å². The van der Waals surface area contributed by atoms with Crippen LogP contribution in [-0.2, 0) is 25.5 Å². The highest BCUT2D eigenvalue weighted by Crippen LogP contribution is 2.33. The van der Waals surface area contributed by atoms with Crippen LogP contribution in [0, 0.1) is 0 Å². The first-order valence-electron chi connectivity index (χ1n) is 7.90. The Balaban J connectivity index is 2.39. The number of esters is 1. The molecule has 0 radical (unpaired) electrons. The minimum atomic E-state index is -2.58. The number of anilines is 1. The van der Waals surface area contributed by atoms with E-state index in [1.807, 2.05) is 6.08 Å². The fourth-order valence-electron chi connectivity index (χ4n) is 2.98. The summed E-state index contributed by atoms with van der Waals surface area (Å²) in [6.07, 6.45) is 4.71. The van der Waals surface area contributed by atoms with E-state index >= 15 is 0 Å². The number of ether oxygens (including phenoxy) is 2. The highest BCUT2D eigenvalue weighted by molar-refractivity contribution is 7.80. The second-order valence-electron chi connectivity index (χ2n) is 5.49. The first-order valence-corrected chi connectivity index (χ1v) is 8.93. The maximum absolute atomic E-state index is 12.0. The summed E-state index contributed by atoms with van der Waals surface area (Å²) in [4.78, 5) is 22.4. The fraction of sp³-hybridized carbons (Fsp3) is 0.412. The largest absolute Gasteiger partial charge is 0.755 e. The third-order valence-electron chi connectivity index (χ3n) is 4.08. The van der Waals surface area contributed by atoms with Crippen molar-refractivity contribution in [2.75, 3.05) is 18.0 Å². The lowest BCUT2D eigenvalue weighted by atomic mass is 9.91. The molecule has 2 unspecified atom stereocenters. The molecule has 0 bridgehead atoms. The van der Waals surface area contributed by atoms with Gasteiger partial charge in [0.2, 0.25) is 0 Å². The van der Waals surface area contributed by atoms with E-state index in [9.17, 15) is 18.4 Å². The maximum Gasteiger partial charge on any atom is 0.340 e. The van der Waals surface area contributed by atoms with Crippen molar-refractivity contribution in [3.05, 3.63) is 41.5 Å². The van der Waals surface area contributed by atoms with E-state index in [-0.39, 0.29) is 17.9 Å². The summed E-state index contributed by atoms with van der Waals surface area (Å²) >= 11 is -2.58. The van der Waals surface area contributed by atoms with E-state index in [0.29, 0.717) is 19.3 Å². The lowest BCUT2D eigenvalue weighted by Crippen LogP contribution is -2.40. The van der Waals surface area contributed by atoms with Gasteiger partial charge in [-0.3, -0.25) is 13.3 Å². The molecular formula is C17H20NO6S-. The Morgan fingerprint density at radius 2 is 2.20 bits per heavy atom. The van der Waals surface area contributed by atoms with E-state index in [4.69, 9.17) is 9.47 Å². The molecule has 0 heterocycles. The molecule has 136 valence electrons. The summed E-state index contributed by atoms with van der Waals surface area (Å²) in [7, 11) is 1.25. The van der Waals surface area contributed by atoms with Gasteiger partial charge in [-0.05, 0) is 37.0 Å². The van der Waals surface area contributed by atoms with Gasteiger partial charge >= 0.3 is 5.97 Å². The summed E-state index contributed by atoms with van der Waals surface area (Å²) in [5, 5.41) is 0. The zero-order valence-electron chi connectivity index (χ0n) is 13.9. The molecule has 0 N–H and O–H groups in total. The number of hydrogen-bond donors (Lipinski definition) is 0. The van der Waals surface area contributed by atoms with Crippen LogP contribution in [0.5, 0.6) is 0 Å². The van der Waals surface area contributed by atoms with Crippen molar-refractivity contribution < 1.29 is 27.8 Å². The number of hydrogen-bond acceptors (Lipinski definition) is 6. The lowest BCUT2D eigenvalue weighted by Gasteiger charge is -2.38. The number of para-hydroxylation sites is 1. The first-order chi connectivity index (χ1) is 12.1. The van der Waals surface area contributed by atoms with E-state index < -0.39 is 23.3 Å². The highest BCUT2D eigenvalue weighted by atomic mass is 32.2. The Hall–Kier alpha value is -2.19. The molecule has 2 atom stereocenters. The molecule has 1 aliphatic rings. The quantitative estimate of drug-likeness (QED) is 0.230. The minimum Gasteiger partial charge on any atom is -0.755 e. The number of nitrogens with zero attached hydrogens (tertiary/aromatic N) is 1. The average molecular weight is 366 g/mol. The molecule has 25 heavy (non-hydrogen) atoms. The van der Waals surface area contributed by atoms with E-state index in [2.05, 4.69) is 0 Å². The molecule has 1 aromatic rings. The van der Waals surface area contributed by atoms with Gasteiger partial charge < -0.3 is 14.0 Å². The van der Waals surface area contributed by atoms with Gasteiger partial charge in [0.25, 0.3) is 6.47 Å². The van der Waals surface area contributed by atoms with Crippen LogP contribution in [0.4, 0.5) is 5.69 Å². The third-order valence-corrected chi connectivity index (χ3v) is 4.86. The van der Waals surface area contributed by atoms with E-state index in [1.54, 1.807) is 18.2 Å². The highest BCUT2D eigenvalue weighted by Gasteiger charge is 2.28. The molecule has 8 heteroatoms. The first kappa shape index (κ1) is 19.1. The van der Waals surface area contributed by atoms with Crippen molar-refractivity contribution in [2.45, 2.75) is 31.7 Å². The van der Waals surface area contributed by atoms with Crippen molar-refractivity contribution >= 4 is 29.4 Å². The van der Waals surface area contributed by atoms with Gasteiger partial charge in [-0.2, -0.15) is 0 Å². The fourth-order valence-corrected chi connectivity index (χ4v) is 3.75. The van der Waals surface area contributed by atoms with Gasteiger partial charge in [0.1, 0.15) is 0 Å². The molecule has 0 fully saturated rings. The van der Waals surface area contributed by atoms with Gasteiger partial charge in [0.05, 0.1) is 31.0 Å². The number of carbonyl (C=O) groups is 2. The van der Waals surface area contributed by atoms with Crippen LogP contribution in [0.25, 0.3) is 0 Å². The van der Waals surface area contributed by atoms with Crippen LogP contribution in [0.15, 0.2) is 35.9 Å². The second-order valence-corrected chi connectivity index (χ2v) is 6.32. The van der Waals surface area contributed by atoms with Crippen molar-refractivity contribution in [1.82, 2.24) is 0 Å². The topological polar surface area (TPSA) is 96.0 Å². The molecule has 2 rings (SSSR count). The van der Waals surface area contributed by atoms with Crippen LogP contribution in [0.3, 0.4) is 0 Å². The predicted molar refractivity (Wildman–Crippen MR) is 91.5 cm³/mol. The smallest absolute Gasteiger partial charge is 0.340 e. The Bertz CT molecular complexity index is 675. The van der Waals surface area contributed by atoms with Gasteiger partial charge in [-0.15, -0.1) is 0 Å². The number of rotatable bonds is 8. The Morgan fingerprint density at radius 1 is 1.44 bits per heavy atom. The van der Waals surface area contributed by atoms with Crippen molar-refractivity contribution in [1.29, 1.82) is 0 Å². The molecule has 0 aliphatic heterocycles. The van der Waals surface area contributed by atoms with Crippen molar-refractivity contribution in [2.24, 2.45) is 0 Å². The molecule has 0 saturated heterocycles. The molecule has 1 aliphatic carbocycles. The van der Waals surface area contributed by atoms with Crippen LogP contribution in [0.1, 0.15) is 36.0 Å². The zero-order chi connectivity index (χ0) is 18.2. The number of allylic oxidation sites excluding steroid dienone is 1. The zero-order valence-corrected chi connectivity index (χ0v) is 14.7. The molecule has 0 aromatic heterocycles. The standard InChI is InChI=1S/C17H21NO6S/c1-23-17(20)14-7-3-5-9-16(14)18(25(21)22)15-8-4-2-6-13(15)10-11-24-12-19/h3,5-7,9,12,15H,2,4,8,10-11H2,1H3,(H,21,22)/p-1. The van der Waals surface area contributed by atoms with Crippen LogP contribution in [-0.4, -0.2) is 41.0 Å². The van der Waals surface area contributed by atoms with Crippen LogP contribution in [0.2, 0.25) is 0 Å². The summed E-state index contributed by atoms with van der Waals surface area (Å²) in [5.41, 5.74) is 1.33. The summed E-state index contributed by atoms with van der Waals surface area (Å²) in [6.45, 7) is 0.554. The molecule has 7 nitrogen and oxygen atoms in total. The van der Waals surface area contributed by atoms with Gasteiger partial charge in [-0.1, -0.05) is 18.2 Å². The Morgan fingerprint density at radius 3 is 2.88 bits per heavy atom. The summed E-state index contributed by atoms with van der Waals surface area (Å²) in [5.74, 6) is -0.600. The monoisotopic (exact) mass is 366 g/mol. The second kappa shape index (κ2) is 9.33. The van der Waals surface area contributed by atoms with Crippen LogP contribution >= 0.6 is 0 Å². The predicted octanol–water partition coefficient (Wildman–Crippen LogP) is 2.12. The normalized spacial score (nSPS) is 18.0. The van der Waals surface area contributed by atoms with Gasteiger partial charge in [-0.25, -0.2) is 4.79 Å². The van der Waals surface area contributed by atoms with E-state index in [0.717, 1.165) is 18.4 Å². The van der Waals surface area contributed by atoms with E-state index in [1.165, 1.54) is 17.5 Å². The number of carbonyl (C=O) groups excluding carboxylic acids is 2. The lowest BCUT2D eigenvalue weighted by molar-refractivity contribution is -0.128. The van der Waals surface area contributed by atoms with Crippen molar-refractivity contribution in [3.63, 3.8) is 0 Å². The van der Waals surface area contributed by atoms with Gasteiger partial charge in [0.15, 0.2) is 0 Å². The molecular weight excluding hydrogens is 346 g/mol. The van der Waals surface area contributed by atoms with Crippen molar-refractivity contribution in [3.8, 4) is 0 Å². The Kier molecular flexibility index (Phi) is 7.15. The molecule has 0 saturated carbocycles. The number of methoxy groups -OCH3 is 1. The molecule has 0 spiro atoms. The Labute approximate surface area is 149 Å². The summed E-state index contributed by atoms with van der Waals surface area (Å²) < 4.78 is 34.7. The van der Waals surface area contributed by atoms with Gasteiger partial charge in [0, 0.05) is 17.7 Å². The summed E-state index contributed by atoms with van der Waals surface area (Å²) in [6, 6.07) is 6.01.